The molecule has 0 bridgehead atoms. The van der Waals surface area contributed by atoms with Crippen molar-refractivity contribution >= 4 is 16.7 Å². The maximum atomic E-state index is 11.2. The van der Waals surface area contributed by atoms with E-state index in [9.17, 15) is 15.0 Å². The molecule has 0 radical (unpaired) electrons. The number of benzene rings is 1. The summed E-state index contributed by atoms with van der Waals surface area (Å²) < 4.78 is 7.67. The van der Waals surface area contributed by atoms with E-state index in [1.165, 1.54) is 0 Å². The smallest absolute Gasteiger partial charge is 0.195 e. The second-order valence-corrected chi connectivity index (χ2v) is 6.84. The number of hydrogen-bond acceptors (Lipinski definition) is 4. The summed E-state index contributed by atoms with van der Waals surface area (Å²) in [6, 6.07) is 5.19. The van der Waals surface area contributed by atoms with Gasteiger partial charge >= 0.3 is 0 Å². The Hall–Kier alpha value is -2.14. The van der Waals surface area contributed by atoms with Gasteiger partial charge in [-0.3, -0.25) is 0 Å². The van der Waals surface area contributed by atoms with Crippen molar-refractivity contribution in [2.45, 2.75) is 51.9 Å². The number of aromatic nitrogens is 1. The van der Waals surface area contributed by atoms with Crippen LogP contribution in [0.15, 0.2) is 24.4 Å². The summed E-state index contributed by atoms with van der Waals surface area (Å²) in [6.07, 6.45) is 2.13. The molecule has 23 heavy (non-hydrogen) atoms. The Morgan fingerprint density at radius 1 is 1.48 bits per heavy atom. The molecule has 1 N–H and O–H groups in total. The number of carbonyl (C=O) groups excluding carboxylic acids is 1. The second kappa shape index (κ2) is 5.20. The van der Waals surface area contributed by atoms with Crippen LogP contribution in [-0.2, 0) is 11.2 Å². The maximum Gasteiger partial charge on any atom is 0.195 e. The number of carbonyl (C=O) groups is 1. The van der Waals surface area contributed by atoms with Crippen molar-refractivity contribution in [2.75, 3.05) is 0 Å². The first-order valence-corrected chi connectivity index (χ1v) is 7.75. The van der Waals surface area contributed by atoms with Crippen molar-refractivity contribution < 1.29 is 24.3 Å². The van der Waals surface area contributed by atoms with E-state index in [0.29, 0.717) is 6.42 Å². The minimum Gasteiger partial charge on any atom is -0.543 e. The molecular formula is C18H21NO4. The first-order valence-electron chi connectivity index (χ1n) is 7.75. The number of ether oxygens (including phenoxy) is 1. The fourth-order valence-electron chi connectivity index (χ4n) is 3.07. The van der Waals surface area contributed by atoms with Crippen LogP contribution in [0.2, 0.25) is 0 Å². The van der Waals surface area contributed by atoms with Crippen LogP contribution in [0.1, 0.15) is 38.1 Å². The normalized spacial score (nSPS) is 18.6. The first kappa shape index (κ1) is 15.7. The largest absolute Gasteiger partial charge is 0.543 e. The van der Waals surface area contributed by atoms with Gasteiger partial charge in [-0.15, -0.1) is 0 Å². The second-order valence-electron chi connectivity index (χ2n) is 6.84. The van der Waals surface area contributed by atoms with Crippen LogP contribution in [0.3, 0.4) is 0 Å². The number of fused-ring (bicyclic) bond motifs is 3. The van der Waals surface area contributed by atoms with Gasteiger partial charge in [0.25, 0.3) is 0 Å². The standard InChI is InChI=1S/C18H21NO4/c1-10-7-12-5-6-13-8-15(18(3,4)22)23-16(13)14(12)9-19(10)11(2)17(20)21/h5-7,9,11,15,22H,8H2,1-4H3. The SMILES string of the molecule is Cc1cc2ccc3c(c2c[n+]1C(C)C(=O)[O-])OC(C(C)(C)O)C3. The summed E-state index contributed by atoms with van der Waals surface area (Å²) in [5, 5.41) is 23.3. The highest BCUT2D eigenvalue weighted by Gasteiger charge is 2.36. The van der Waals surface area contributed by atoms with Crippen molar-refractivity contribution in [3.63, 3.8) is 0 Å². The zero-order chi connectivity index (χ0) is 16.9. The van der Waals surface area contributed by atoms with E-state index >= 15 is 0 Å². The van der Waals surface area contributed by atoms with E-state index < -0.39 is 17.6 Å². The number of aryl methyl sites for hydroxylation is 1. The number of rotatable bonds is 3. The predicted molar refractivity (Wildman–Crippen MR) is 83.0 cm³/mol. The summed E-state index contributed by atoms with van der Waals surface area (Å²) in [7, 11) is 0. The molecule has 3 rings (SSSR count). The third kappa shape index (κ3) is 2.65. The van der Waals surface area contributed by atoms with Crippen molar-refractivity contribution in [3.8, 4) is 5.75 Å². The molecule has 2 atom stereocenters. The number of hydrogen-bond donors (Lipinski definition) is 1. The van der Waals surface area contributed by atoms with E-state index in [4.69, 9.17) is 4.74 Å². The fraction of sp³-hybridized carbons (Fsp3) is 0.444. The van der Waals surface area contributed by atoms with Gasteiger partial charge in [0, 0.05) is 26.3 Å². The minimum absolute atomic E-state index is 0.309. The molecule has 5 nitrogen and oxygen atoms in total. The fourth-order valence-corrected chi connectivity index (χ4v) is 3.07. The third-order valence-corrected chi connectivity index (χ3v) is 4.56. The Labute approximate surface area is 135 Å². The highest BCUT2D eigenvalue weighted by atomic mass is 16.5. The van der Waals surface area contributed by atoms with Gasteiger partial charge in [0.1, 0.15) is 17.8 Å². The lowest BCUT2D eigenvalue weighted by atomic mass is 9.96. The molecule has 2 aromatic rings. The minimum atomic E-state index is -1.12. The van der Waals surface area contributed by atoms with Crippen molar-refractivity contribution in [1.29, 1.82) is 0 Å². The van der Waals surface area contributed by atoms with Gasteiger partial charge in [-0.1, -0.05) is 12.1 Å². The summed E-state index contributed by atoms with van der Waals surface area (Å²) in [6.45, 7) is 6.92. The highest BCUT2D eigenvalue weighted by molar-refractivity contribution is 5.89. The van der Waals surface area contributed by atoms with E-state index in [0.717, 1.165) is 27.8 Å². The van der Waals surface area contributed by atoms with Crippen LogP contribution in [0.25, 0.3) is 10.8 Å². The molecule has 0 fully saturated rings. The molecule has 1 aromatic heterocycles. The van der Waals surface area contributed by atoms with E-state index in [1.54, 1.807) is 31.5 Å². The van der Waals surface area contributed by atoms with Gasteiger partial charge in [0.15, 0.2) is 17.9 Å². The lowest BCUT2D eigenvalue weighted by Gasteiger charge is -2.24. The Balaban J connectivity index is 2.14. The first-order chi connectivity index (χ1) is 10.7. The molecule has 1 aliphatic heterocycles. The Bertz CT molecular complexity index is 792. The van der Waals surface area contributed by atoms with Crippen molar-refractivity contribution in [3.05, 3.63) is 35.7 Å². The van der Waals surface area contributed by atoms with Gasteiger partial charge in [0.05, 0.1) is 11.0 Å². The molecule has 0 saturated carbocycles. The quantitative estimate of drug-likeness (QED) is 0.851. The number of carboxylic acid groups (broad SMARTS) is 1. The van der Waals surface area contributed by atoms with Crippen molar-refractivity contribution in [1.82, 2.24) is 0 Å². The topological polar surface area (TPSA) is 73.5 Å². The summed E-state index contributed by atoms with van der Waals surface area (Å²) in [4.78, 5) is 11.2. The summed E-state index contributed by atoms with van der Waals surface area (Å²) in [5.74, 6) is -0.394. The molecule has 1 aliphatic rings. The Kier molecular flexibility index (Phi) is 3.56. The van der Waals surface area contributed by atoms with Crippen LogP contribution >= 0.6 is 0 Å². The molecule has 5 heteroatoms. The molecule has 0 aliphatic carbocycles. The van der Waals surface area contributed by atoms with Gasteiger partial charge in [0.2, 0.25) is 0 Å². The van der Waals surface area contributed by atoms with Gasteiger partial charge in [-0.25, -0.2) is 0 Å². The Morgan fingerprint density at radius 2 is 2.17 bits per heavy atom. The molecule has 1 aromatic carbocycles. The lowest BCUT2D eigenvalue weighted by Crippen LogP contribution is -2.49. The third-order valence-electron chi connectivity index (χ3n) is 4.56. The van der Waals surface area contributed by atoms with Gasteiger partial charge in [-0.05, 0) is 24.8 Å². The predicted octanol–water partition coefficient (Wildman–Crippen LogP) is 0.821. The number of aliphatic hydroxyl groups is 1. The summed E-state index contributed by atoms with van der Waals surface area (Å²) in [5.41, 5.74) is 0.928. The number of pyridine rings is 1. The highest BCUT2D eigenvalue weighted by Crippen LogP contribution is 2.38. The maximum absolute atomic E-state index is 11.2. The van der Waals surface area contributed by atoms with Crippen molar-refractivity contribution in [2.24, 2.45) is 0 Å². The number of aliphatic carboxylic acids is 1. The van der Waals surface area contributed by atoms with E-state index in [-0.39, 0.29) is 6.10 Å². The van der Waals surface area contributed by atoms with Crippen LogP contribution in [0.4, 0.5) is 0 Å². The van der Waals surface area contributed by atoms with Crippen LogP contribution in [0.5, 0.6) is 5.75 Å². The zero-order valence-electron chi connectivity index (χ0n) is 13.8. The molecule has 122 valence electrons. The molecule has 0 spiro atoms. The van der Waals surface area contributed by atoms with E-state index in [1.807, 2.05) is 25.1 Å². The lowest BCUT2D eigenvalue weighted by molar-refractivity contribution is -0.716. The number of carboxylic acids is 1. The molecule has 0 amide bonds. The van der Waals surface area contributed by atoms with Gasteiger partial charge < -0.3 is 19.7 Å². The summed E-state index contributed by atoms with van der Waals surface area (Å²) >= 11 is 0. The van der Waals surface area contributed by atoms with Crippen LogP contribution in [0, 0.1) is 6.92 Å². The monoisotopic (exact) mass is 315 g/mol. The zero-order valence-corrected chi connectivity index (χ0v) is 13.8. The van der Waals surface area contributed by atoms with Gasteiger partial charge in [-0.2, -0.15) is 4.57 Å². The molecule has 0 saturated heterocycles. The molecule has 2 heterocycles. The average Bonchev–Trinajstić information content (AvgIpc) is 2.90. The average molecular weight is 315 g/mol. The molecule has 2 unspecified atom stereocenters. The molecular weight excluding hydrogens is 294 g/mol. The van der Waals surface area contributed by atoms with Crippen LogP contribution in [-0.4, -0.2) is 22.8 Å². The van der Waals surface area contributed by atoms with Crippen LogP contribution < -0.4 is 14.4 Å². The Morgan fingerprint density at radius 3 is 2.78 bits per heavy atom. The van der Waals surface area contributed by atoms with E-state index in [2.05, 4.69) is 0 Å². The number of nitrogens with zero attached hydrogens (tertiary/aromatic N) is 1.